The SMILES string of the molecule is O=C(Nc1ccc(-c2cn3ccsc3n2)cc1)c1ccc(Cl)c(S(=O)(=O)NC2CC2)c1. The molecule has 0 bridgehead atoms. The first-order valence-corrected chi connectivity index (χ1v) is 12.3. The maximum atomic E-state index is 12.7. The molecule has 4 aromatic rings. The van der Waals surface area contributed by atoms with E-state index in [1.807, 2.05) is 34.3 Å². The Morgan fingerprint density at radius 1 is 1.16 bits per heavy atom. The molecule has 0 aliphatic heterocycles. The van der Waals surface area contributed by atoms with E-state index in [4.69, 9.17) is 11.6 Å². The van der Waals surface area contributed by atoms with Gasteiger partial charge in [-0.15, -0.1) is 11.3 Å². The van der Waals surface area contributed by atoms with Gasteiger partial charge in [-0.1, -0.05) is 23.7 Å². The number of carbonyl (C=O) groups is 1. The molecule has 10 heteroatoms. The van der Waals surface area contributed by atoms with Crippen LogP contribution in [-0.2, 0) is 10.0 Å². The number of aromatic nitrogens is 2. The molecule has 0 saturated heterocycles. The number of halogens is 1. The second-order valence-electron chi connectivity index (χ2n) is 7.29. The van der Waals surface area contributed by atoms with Crippen LogP contribution in [-0.4, -0.2) is 29.8 Å². The molecular formula is C21H17ClN4O3S2. The van der Waals surface area contributed by atoms with Gasteiger partial charge in [-0.05, 0) is 43.2 Å². The Hall–Kier alpha value is -2.72. The highest BCUT2D eigenvalue weighted by Gasteiger charge is 2.29. The number of sulfonamides is 1. The maximum Gasteiger partial charge on any atom is 0.255 e. The number of anilines is 1. The van der Waals surface area contributed by atoms with Crippen LogP contribution in [0.4, 0.5) is 5.69 Å². The largest absolute Gasteiger partial charge is 0.322 e. The van der Waals surface area contributed by atoms with Crippen molar-refractivity contribution in [3.8, 4) is 11.3 Å². The number of benzene rings is 2. The van der Waals surface area contributed by atoms with Crippen LogP contribution >= 0.6 is 22.9 Å². The Kier molecular flexibility index (Phi) is 5.05. The molecule has 1 saturated carbocycles. The molecule has 1 amide bonds. The number of hydrogen-bond acceptors (Lipinski definition) is 5. The highest BCUT2D eigenvalue weighted by atomic mass is 35.5. The fraction of sp³-hybridized carbons (Fsp3) is 0.143. The summed E-state index contributed by atoms with van der Waals surface area (Å²) >= 11 is 7.65. The summed E-state index contributed by atoms with van der Waals surface area (Å²) in [5.41, 5.74) is 2.57. The zero-order valence-electron chi connectivity index (χ0n) is 16.1. The summed E-state index contributed by atoms with van der Waals surface area (Å²) < 4.78 is 29.6. The van der Waals surface area contributed by atoms with Gasteiger partial charge < -0.3 is 5.32 Å². The van der Waals surface area contributed by atoms with Gasteiger partial charge in [0.1, 0.15) is 4.90 Å². The smallest absolute Gasteiger partial charge is 0.255 e. The molecule has 0 spiro atoms. The van der Waals surface area contributed by atoms with Crippen molar-refractivity contribution in [2.75, 3.05) is 5.32 Å². The molecule has 0 radical (unpaired) electrons. The van der Waals surface area contributed by atoms with Crippen molar-refractivity contribution in [1.82, 2.24) is 14.1 Å². The van der Waals surface area contributed by atoms with E-state index in [1.165, 1.54) is 18.2 Å². The highest BCUT2D eigenvalue weighted by Crippen LogP contribution is 2.27. The van der Waals surface area contributed by atoms with Crippen LogP contribution in [0.2, 0.25) is 5.02 Å². The summed E-state index contributed by atoms with van der Waals surface area (Å²) in [6.45, 7) is 0. The van der Waals surface area contributed by atoms with E-state index in [2.05, 4.69) is 15.0 Å². The van der Waals surface area contributed by atoms with E-state index < -0.39 is 15.9 Å². The summed E-state index contributed by atoms with van der Waals surface area (Å²) in [6, 6.07) is 11.5. The molecule has 31 heavy (non-hydrogen) atoms. The van der Waals surface area contributed by atoms with E-state index in [1.54, 1.807) is 23.5 Å². The van der Waals surface area contributed by atoms with Gasteiger partial charge in [-0.25, -0.2) is 18.1 Å². The van der Waals surface area contributed by atoms with E-state index in [0.717, 1.165) is 29.1 Å². The van der Waals surface area contributed by atoms with Crippen LogP contribution in [0.1, 0.15) is 23.2 Å². The molecule has 2 aromatic carbocycles. The molecule has 7 nitrogen and oxygen atoms in total. The van der Waals surface area contributed by atoms with Crippen molar-refractivity contribution in [1.29, 1.82) is 0 Å². The molecule has 2 aromatic heterocycles. The number of nitrogens with one attached hydrogen (secondary N) is 2. The normalized spacial score (nSPS) is 14.1. The standard InChI is InChI=1S/C21H17ClN4O3S2/c22-17-8-3-14(11-19(17)31(28,29)25-16-6-7-16)20(27)23-15-4-1-13(2-5-15)18-12-26-9-10-30-21(26)24-18/h1-5,8-12,16,25H,6-7H2,(H,23,27). The van der Waals surface area contributed by atoms with Gasteiger partial charge in [-0.2, -0.15) is 0 Å². The molecule has 0 atom stereocenters. The second-order valence-corrected chi connectivity index (χ2v) is 10.3. The van der Waals surface area contributed by atoms with Crippen molar-refractivity contribution < 1.29 is 13.2 Å². The number of fused-ring (bicyclic) bond motifs is 1. The molecule has 1 aliphatic rings. The van der Waals surface area contributed by atoms with Gasteiger partial charge in [0.25, 0.3) is 5.91 Å². The number of carbonyl (C=O) groups excluding carboxylic acids is 1. The van der Waals surface area contributed by atoms with Crippen LogP contribution in [0.3, 0.4) is 0 Å². The first-order valence-electron chi connectivity index (χ1n) is 9.55. The van der Waals surface area contributed by atoms with Crippen LogP contribution in [0, 0.1) is 0 Å². The van der Waals surface area contributed by atoms with Crippen molar-refractivity contribution >= 4 is 49.5 Å². The third-order valence-corrected chi connectivity index (χ3v) is 7.69. The number of thiazole rings is 1. The first kappa shape index (κ1) is 20.2. The summed E-state index contributed by atoms with van der Waals surface area (Å²) in [5.74, 6) is -0.421. The van der Waals surface area contributed by atoms with Crippen LogP contribution in [0.5, 0.6) is 0 Å². The van der Waals surface area contributed by atoms with Gasteiger partial charge >= 0.3 is 0 Å². The average molecular weight is 473 g/mol. The van der Waals surface area contributed by atoms with Gasteiger partial charge in [0.15, 0.2) is 4.96 Å². The van der Waals surface area contributed by atoms with E-state index in [0.29, 0.717) is 5.69 Å². The van der Waals surface area contributed by atoms with E-state index in [9.17, 15) is 13.2 Å². The minimum absolute atomic E-state index is 0.0526. The summed E-state index contributed by atoms with van der Waals surface area (Å²) in [4.78, 5) is 18.1. The Bertz CT molecular complexity index is 1360. The molecule has 1 aliphatic carbocycles. The van der Waals surface area contributed by atoms with Gasteiger partial charge in [-0.3, -0.25) is 9.20 Å². The predicted octanol–water partition coefficient (Wildman–Crippen LogP) is 4.41. The van der Waals surface area contributed by atoms with Crippen molar-refractivity contribution in [2.24, 2.45) is 0 Å². The van der Waals surface area contributed by atoms with Gasteiger partial charge in [0.2, 0.25) is 10.0 Å². The Labute approximate surface area is 187 Å². The highest BCUT2D eigenvalue weighted by molar-refractivity contribution is 7.89. The second kappa shape index (κ2) is 7.76. The lowest BCUT2D eigenvalue weighted by atomic mass is 10.1. The monoisotopic (exact) mass is 472 g/mol. The number of amides is 1. The number of rotatable bonds is 6. The number of hydrogen-bond donors (Lipinski definition) is 2. The molecule has 0 unspecified atom stereocenters. The van der Waals surface area contributed by atoms with Gasteiger partial charge in [0.05, 0.1) is 10.7 Å². The van der Waals surface area contributed by atoms with Crippen LogP contribution in [0.25, 0.3) is 16.2 Å². The molecule has 2 heterocycles. The molecule has 2 N–H and O–H groups in total. The summed E-state index contributed by atoms with van der Waals surface area (Å²) in [7, 11) is -3.77. The third kappa shape index (κ3) is 4.22. The van der Waals surface area contributed by atoms with Gasteiger partial charge in [0, 0.05) is 40.6 Å². The predicted molar refractivity (Wildman–Crippen MR) is 121 cm³/mol. The Balaban J connectivity index is 1.34. The molecule has 5 rings (SSSR count). The Morgan fingerprint density at radius 3 is 2.65 bits per heavy atom. The number of imidazole rings is 1. The average Bonchev–Trinajstić information content (AvgIpc) is 3.27. The van der Waals surface area contributed by atoms with Crippen molar-refractivity contribution in [3.63, 3.8) is 0 Å². The molecular weight excluding hydrogens is 456 g/mol. The molecule has 1 fully saturated rings. The minimum atomic E-state index is -3.77. The quantitative estimate of drug-likeness (QED) is 0.434. The lowest BCUT2D eigenvalue weighted by molar-refractivity contribution is 0.102. The lowest BCUT2D eigenvalue weighted by Gasteiger charge is -2.10. The fourth-order valence-electron chi connectivity index (χ4n) is 3.13. The van der Waals surface area contributed by atoms with E-state index in [-0.39, 0.29) is 21.5 Å². The number of nitrogens with zero attached hydrogens (tertiary/aromatic N) is 2. The maximum absolute atomic E-state index is 12.7. The Morgan fingerprint density at radius 2 is 1.94 bits per heavy atom. The van der Waals surface area contributed by atoms with Crippen LogP contribution < -0.4 is 10.0 Å². The zero-order valence-corrected chi connectivity index (χ0v) is 18.5. The summed E-state index contributed by atoms with van der Waals surface area (Å²) in [6.07, 6.45) is 5.52. The lowest BCUT2D eigenvalue weighted by Crippen LogP contribution is -2.26. The topological polar surface area (TPSA) is 92.6 Å². The zero-order chi connectivity index (χ0) is 21.6. The van der Waals surface area contributed by atoms with Crippen LogP contribution in [0.15, 0.2) is 65.1 Å². The summed E-state index contributed by atoms with van der Waals surface area (Å²) in [5, 5.41) is 4.84. The van der Waals surface area contributed by atoms with E-state index >= 15 is 0 Å². The van der Waals surface area contributed by atoms with Crippen molar-refractivity contribution in [3.05, 3.63) is 70.8 Å². The molecule has 158 valence electrons. The first-order chi connectivity index (χ1) is 14.9. The minimum Gasteiger partial charge on any atom is -0.322 e. The third-order valence-electron chi connectivity index (χ3n) is 4.91. The fourth-order valence-corrected chi connectivity index (χ4v) is 5.66. The van der Waals surface area contributed by atoms with Crippen molar-refractivity contribution in [2.45, 2.75) is 23.8 Å².